The summed E-state index contributed by atoms with van der Waals surface area (Å²) >= 11 is 0. The van der Waals surface area contributed by atoms with E-state index in [-0.39, 0.29) is 5.91 Å². The Morgan fingerprint density at radius 3 is 2.77 bits per heavy atom. The molecule has 2 saturated heterocycles. The van der Waals surface area contributed by atoms with Crippen LogP contribution in [0, 0.1) is 0 Å². The van der Waals surface area contributed by atoms with E-state index in [4.69, 9.17) is 9.47 Å². The van der Waals surface area contributed by atoms with E-state index < -0.39 is 5.60 Å². The number of nitrogens with zero attached hydrogens (tertiary/aromatic N) is 4. The van der Waals surface area contributed by atoms with Gasteiger partial charge in [-0.15, -0.1) is 0 Å². The summed E-state index contributed by atoms with van der Waals surface area (Å²) in [4.78, 5) is 21.2. The molecule has 0 saturated carbocycles. The number of carbonyl (C=O) groups excluding carboxylic acids is 1. The van der Waals surface area contributed by atoms with Gasteiger partial charge in [-0.25, -0.2) is 4.98 Å². The first kappa shape index (κ1) is 15.5. The molecule has 22 heavy (non-hydrogen) atoms. The largest absolute Gasteiger partial charge is 0.378 e. The second-order valence-corrected chi connectivity index (χ2v) is 6.15. The van der Waals surface area contributed by atoms with Gasteiger partial charge in [-0.2, -0.15) is 0 Å². The third-order valence-electron chi connectivity index (χ3n) is 4.39. The first-order chi connectivity index (χ1) is 10.6. The van der Waals surface area contributed by atoms with Gasteiger partial charge in [-0.3, -0.25) is 9.69 Å². The zero-order chi connectivity index (χ0) is 15.6. The monoisotopic (exact) mass is 308 g/mol. The Labute approximate surface area is 130 Å². The van der Waals surface area contributed by atoms with Gasteiger partial charge in [-0.05, 0) is 6.92 Å². The summed E-state index contributed by atoms with van der Waals surface area (Å²) in [6.45, 7) is 7.13. The maximum absolute atomic E-state index is 12.8. The van der Waals surface area contributed by atoms with E-state index in [1.807, 2.05) is 29.6 Å². The van der Waals surface area contributed by atoms with E-state index in [9.17, 15) is 4.79 Å². The standard InChI is InChI=1S/C15H24N4O3/c1-15(14(20)19-6-8-21-9-7-19)12-18(5-10-22-15)11-13-16-3-4-17(13)2/h3-4H,5-12H2,1-2H3. The predicted octanol–water partition coefficient (Wildman–Crippen LogP) is -0.130. The molecule has 1 aromatic heterocycles. The van der Waals surface area contributed by atoms with Crippen molar-refractivity contribution in [2.24, 2.45) is 7.05 Å². The van der Waals surface area contributed by atoms with Crippen molar-refractivity contribution in [3.63, 3.8) is 0 Å². The highest BCUT2D eigenvalue weighted by Gasteiger charge is 2.42. The summed E-state index contributed by atoms with van der Waals surface area (Å²) in [6, 6.07) is 0. The molecule has 2 aliphatic rings. The molecule has 3 rings (SSSR count). The molecule has 2 fully saturated rings. The Bertz CT molecular complexity index is 527. The minimum Gasteiger partial charge on any atom is -0.378 e. The normalized spacial score (nSPS) is 27.1. The molecule has 0 aromatic carbocycles. The van der Waals surface area contributed by atoms with E-state index in [2.05, 4.69) is 9.88 Å². The Morgan fingerprint density at radius 1 is 1.32 bits per heavy atom. The number of hydrogen-bond acceptors (Lipinski definition) is 5. The smallest absolute Gasteiger partial charge is 0.256 e. The van der Waals surface area contributed by atoms with Crippen LogP contribution in [0.2, 0.25) is 0 Å². The van der Waals surface area contributed by atoms with Crippen molar-refractivity contribution in [3.05, 3.63) is 18.2 Å². The second kappa shape index (κ2) is 6.36. The summed E-state index contributed by atoms with van der Waals surface area (Å²) in [6.07, 6.45) is 3.74. The van der Waals surface area contributed by atoms with Gasteiger partial charge in [0, 0.05) is 45.6 Å². The van der Waals surface area contributed by atoms with Crippen LogP contribution < -0.4 is 0 Å². The predicted molar refractivity (Wildman–Crippen MR) is 80.2 cm³/mol. The number of ether oxygens (including phenoxy) is 2. The average Bonchev–Trinajstić information content (AvgIpc) is 2.93. The molecule has 0 bridgehead atoms. The SMILES string of the molecule is Cn1ccnc1CN1CCOC(C)(C(=O)N2CCOCC2)C1. The molecule has 0 spiro atoms. The van der Waals surface area contributed by atoms with Crippen molar-refractivity contribution >= 4 is 5.91 Å². The fourth-order valence-corrected chi connectivity index (χ4v) is 3.07. The summed E-state index contributed by atoms with van der Waals surface area (Å²) < 4.78 is 13.2. The van der Waals surface area contributed by atoms with Crippen LogP contribution in [0.15, 0.2) is 12.4 Å². The maximum Gasteiger partial charge on any atom is 0.256 e. The molecular weight excluding hydrogens is 284 g/mol. The number of imidazole rings is 1. The molecule has 3 heterocycles. The van der Waals surface area contributed by atoms with Crippen molar-refractivity contribution in [2.45, 2.75) is 19.1 Å². The number of amides is 1. The number of hydrogen-bond donors (Lipinski definition) is 0. The molecule has 7 nitrogen and oxygen atoms in total. The van der Waals surface area contributed by atoms with Crippen molar-refractivity contribution < 1.29 is 14.3 Å². The quantitative estimate of drug-likeness (QED) is 0.778. The molecule has 122 valence electrons. The lowest BCUT2D eigenvalue weighted by Crippen LogP contribution is -2.60. The van der Waals surface area contributed by atoms with E-state index in [0.29, 0.717) is 39.5 Å². The first-order valence-corrected chi connectivity index (χ1v) is 7.78. The molecule has 1 atom stereocenters. The lowest BCUT2D eigenvalue weighted by atomic mass is 10.0. The van der Waals surface area contributed by atoms with Gasteiger partial charge in [0.2, 0.25) is 0 Å². The Hall–Kier alpha value is -1.44. The van der Waals surface area contributed by atoms with Crippen LogP contribution in [0.25, 0.3) is 0 Å². The molecule has 0 radical (unpaired) electrons. The zero-order valence-electron chi connectivity index (χ0n) is 13.3. The molecule has 0 aliphatic carbocycles. The van der Waals surface area contributed by atoms with Crippen LogP contribution in [0.1, 0.15) is 12.7 Å². The van der Waals surface area contributed by atoms with Crippen molar-refractivity contribution in [1.82, 2.24) is 19.4 Å². The van der Waals surface area contributed by atoms with Crippen molar-refractivity contribution in [3.8, 4) is 0 Å². The molecule has 1 aromatic rings. The minimum absolute atomic E-state index is 0.0698. The molecule has 1 amide bonds. The molecule has 7 heteroatoms. The van der Waals surface area contributed by atoms with E-state index in [1.165, 1.54) is 0 Å². The molecule has 2 aliphatic heterocycles. The lowest BCUT2D eigenvalue weighted by Gasteiger charge is -2.42. The first-order valence-electron chi connectivity index (χ1n) is 7.78. The van der Waals surface area contributed by atoms with Gasteiger partial charge in [-0.1, -0.05) is 0 Å². The highest BCUT2D eigenvalue weighted by Crippen LogP contribution is 2.22. The third-order valence-corrected chi connectivity index (χ3v) is 4.39. The Kier molecular flexibility index (Phi) is 4.46. The fourth-order valence-electron chi connectivity index (χ4n) is 3.07. The van der Waals surface area contributed by atoms with Gasteiger partial charge < -0.3 is 18.9 Å². The van der Waals surface area contributed by atoms with Crippen LogP contribution in [0.4, 0.5) is 0 Å². The highest BCUT2D eigenvalue weighted by atomic mass is 16.5. The highest BCUT2D eigenvalue weighted by molar-refractivity contribution is 5.85. The van der Waals surface area contributed by atoms with E-state index in [0.717, 1.165) is 18.9 Å². The van der Waals surface area contributed by atoms with Gasteiger partial charge >= 0.3 is 0 Å². The van der Waals surface area contributed by atoms with E-state index in [1.54, 1.807) is 6.20 Å². The van der Waals surface area contributed by atoms with Gasteiger partial charge in [0.15, 0.2) is 5.60 Å². The summed E-state index contributed by atoms with van der Waals surface area (Å²) in [5.41, 5.74) is -0.777. The second-order valence-electron chi connectivity index (χ2n) is 6.15. The summed E-state index contributed by atoms with van der Waals surface area (Å²) in [5.74, 6) is 1.07. The van der Waals surface area contributed by atoms with Gasteiger partial charge in [0.25, 0.3) is 5.91 Å². The summed E-state index contributed by atoms with van der Waals surface area (Å²) in [7, 11) is 1.99. The topological polar surface area (TPSA) is 59.8 Å². The van der Waals surface area contributed by atoms with Crippen LogP contribution in [0.3, 0.4) is 0 Å². The molecule has 1 unspecified atom stereocenters. The lowest BCUT2D eigenvalue weighted by molar-refractivity contribution is -0.171. The van der Waals surface area contributed by atoms with E-state index >= 15 is 0 Å². The number of rotatable bonds is 3. The summed E-state index contributed by atoms with van der Waals surface area (Å²) in [5, 5.41) is 0. The number of aromatic nitrogens is 2. The Balaban J connectivity index is 1.65. The Morgan fingerprint density at radius 2 is 2.09 bits per heavy atom. The zero-order valence-corrected chi connectivity index (χ0v) is 13.3. The fraction of sp³-hybridized carbons (Fsp3) is 0.733. The van der Waals surface area contributed by atoms with Crippen molar-refractivity contribution in [1.29, 1.82) is 0 Å². The van der Waals surface area contributed by atoms with Gasteiger partial charge in [0.1, 0.15) is 5.82 Å². The van der Waals surface area contributed by atoms with Gasteiger partial charge in [0.05, 0.1) is 26.4 Å². The third kappa shape index (κ3) is 3.16. The van der Waals surface area contributed by atoms with Crippen molar-refractivity contribution in [2.75, 3.05) is 46.0 Å². The number of aryl methyl sites for hydroxylation is 1. The maximum atomic E-state index is 12.8. The number of carbonyl (C=O) groups is 1. The average molecular weight is 308 g/mol. The van der Waals surface area contributed by atoms with Crippen LogP contribution >= 0.6 is 0 Å². The van der Waals surface area contributed by atoms with Crippen LogP contribution in [-0.2, 0) is 27.9 Å². The molecular formula is C15H24N4O3. The van der Waals surface area contributed by atoms with Crippen LogP contribution in [-0.4, -0.2) is 76.9 Å². The van der Waals surface area contributed by atoms with Crippen LogP contribution in [0.5, 0.6) is 0 Å². The minimum atomic E-state index is -0.777. The molecule has 0 N–H and O–H groups in total. The number of morpholine rings is 2.